The number of hydrogen-bond donors (Lipinski definition) is 2. The lowest BCUT2D eigenvalue weighted by Gasteiger charge is -2.31. The van der Waals surface area contributed by atoms with E-state index in [1.807, 2.05) is 44.2 Å². The van der Waals surface area contributed by atoms with E-state index in [0.29, 0.717) is 18.8 Å². The maximum absolute atomic E-state index is 12.7. The van der Waals surface area contributed by atoms with Gasteiger partial charge in [-0.3, -0.25) is 9.59 Å². The second-order valence-electron chi connectivity index (χ2n) is 6.24. The van der Waals surface area contributed by atoms with Crippen LogP contribution >= 0.6 is 0 Å². The van der Waals surface area contributed by atoms with Crippen molar-refractivity contribution in [3.63, 3.8) is 0 Å². The van der Waals surface area contributed by atoms with Crippen LogP contribution in [0.5, 0.6) is 0 Å². The Kier molecular flexibility index (Phi) is 4.64. The van der Waals surface area contributed by atoms with Gasteiger partial charge in [0.05, 0.1) is 5.92 Å². The summed E-state index contributed by atoms with van der Waals surface area (Å²) in [5, 5.41) is 2.93. The van der Waals surface area contributed by atoms with Crippen LogP contribution in [0.3, 0.4) is 0 Å². The third-order valence-corrected chi connectivity index (χ3v) is 4.33. The van der Waals surface area contributed by atoms with Crippen molar-refractivity contribution in [2.45, 2.75) is 26.7 Å². The summed E-state index contributed by atoms with van der Waals surface area (Å²) >= 11 is 0. The van der Waals surface area contributed by atoms with Crippen LogP contribution < -0.4 is 5.32 Å². The van der Waals surface area contributed by atoms with Crippen LogP contribution in [0, 0.1) is 19.8 Å². The number of imidazole rings is 1. The Bertz CT molecular complexity index is 739. The van der Waals surface area contributed by atoms with Crippen molar-refractivity contribution in [2.75, 3.05) is 18.4 Å². The van der Waals surface area contributed by atoms with Crippen molar-refractivity contribution in [3.05, 3.63) is 47.5 Å². The van der Waals surface area contributed by atoms with Gasteiger partial charge in [0.2, 0.25) is 5.91 Å². The molecule has 1 aliphatic rings. The molecule has 1 aromatic heterocycles. The quantitative estimate of drug-likeness (QED) is 0.910. The fourth-order valence-electron chi connectivity index (χ4n) is 3.11. The first-order valence-electron chi connectivity index (χ1n) is 8.23. The maximum atomic E-state index is 12.7. The summed E-state index contributed by atoms with van der Waals surface area (Å²) in [6.07, 6.45) is 1.61. The first kappa shape index (κ1) is 16.2. The first-order valence-corrected chi connectivity index (χ1v) is 8.23. The molecular weight excluding hydrogens is 304 g/mol. The molecule has 126 valence electrons. The summed E-state index contributed by atoms with van der Waals surface area (Å²) in [5.41, 5.74) is 2.01. The highest BCUT2D eigenvalue weighted by Crippen LogP contribution is 2.21. The number of nitrogens with one attached hydrogen (secondary N) is 2. The molecule has 24 heavy (non-hydrogen) atoms. The van der Waals surface area contributed by atoms with E-state index in [1.54, 1.807) is 4.90 Å². The number of benzene rings is 1. The highest BCUT2D eigenvalue weighted by molar-refractivity contribution is 5.95. The molecule has 6 nitrogen and oxygen atoms in total. The Hall–Kier alpha value is -2.63. The van der Waals surface area contributed by atoms with Gasteiger partial charge in [-0.1, -0.05) is 18.2 Å². The van der Waals surface area contributed by atoms with Gasteiger partial charge in [0.1, 0.15) is 11.5 Å². The van der Waals surface area contributed by atoms with Gasteiger partial charge in [-0.15, -0.1) is 0 Å². The number of amides is 2. The van der Waals surface area contributed by atoms with Gasteiger partial charge in [-0.25, -0.2) is 4.98 Å². The fraction of sp³-hybridized carbons (Fsp3) is 0.389. The number of H-pyrrole nitrogens is 1. The molecule has 0 radical (unpaired) electrons. The Morgan fingerprint density at radius 2 is 2.00 bits per heavy atom. The van der Waals surface area contributed by atoms with Crippen LogP contribution in [-0.2, 0) is 4.79 Å². The number of aromatic nitrogens is 2. The molecule has 1 fully saturated rings. The molecule has 0 saturated carbocycles. The molecule has 2 amide bonds. The average molecular weight is 326 g/mol. The lowest BCUT2D eigenvalue weighted by molar-refractivity contribution is -0.121. The van der Waals surface area contributed by atoms with E-state index < -0.39 is 0 Å². The van der Waals surface area contributed by atoms with E-state index >= 15 is 0 Å². The van der Waals surface area contributed by atoms with Crippen LogP contribution in [0.25, 0.3) is 0 Å². The Balaban J connectivity index is 1.66. The van der Waals surface area contributed by atoms with Gasteiger partial charge in [0.25, 0.3) is 5.91 Å². The largest absolute Gasteiger partial charge is 0.346 e. The Morgan fingerprint density at radius 3 is 2.67 bits per heavy atom. The standard InChI is InChI=1S/C18H22N4O2/c1-12-16(20-13(2)19-12)18(24)22-10-6-7-14(11-22)17(23)21-15-8-4-3-5-9-15/h3-5,8-9,14H,6-7,10-11H2,1-2H3,(H,19,20)(H,21,23). The zero-order valence-corrected chi connectivity index (χ0v) is 14.0. The molecule has 2 N–H and O–H groups in total. The zero-order valence-electron chi connectivity index (χ0n) is 14.0. The number of likely N-dealkylation sites (tertiary alicyclic amines) is 1. The smallest absolute Gasteiger partial charge is 0.274 e. The van der Waals surface area contributed by atoms with Gasteiger partial charge in [-0.2, -0.15) is 0 Å². The summed E-state index contributed by atoms with van der Waals surface area (Å²) in [6.45, 7) is 4.77. The number of anilines is 1. The number of para-hydroxylation sites is 1. The molecule has 0 bridgehead atoms. The lowest BCUT2D eigenvalue weighted by atomic mass is 9.96. The van der Waals surface area contributed by atoms with Crippen molar-refractivity contribution < 1.29 is 9.59 Å². The van der Waals surface area contributed by atoms with Gasteiger partial charge >= 0.3 is 0 Å². The number of aryl methyl sites for hydroxylation is 2. The number of aromatic amines is 1. The molecule has 1 aliphatic heterocycles. The van der Waals surface area contributed by atoms with Crippen molar-refractivity contribution >= 4 is 17.5 Å². The molecule has 1 saturated heterocycles. The average Bonchev–Trinajstić information content (AvgIpc) is 2.93. The second kappa shape index (κ2) is 6.86. The molecule has 2 aromatic rings. The van der Waals surface area contributed by atoms with E-state index in [1.165, 1.54) is 0 Å². The molecule has 1 aromatic carbocycles. The first-order chi connectivity index (χ1) is 11.5. The van der Waals surface area contributed by atoms with Crippen LogP contribution in [0.15, 0.2) is 30.3 Å². The molecule has 1 unspecified atom stereocenters. The Morgan fingerprint density at radius 1 is 1.25 bits per heavy atom. The highest BCUT2D eigenvalue weighted by Gasteiger charge is 2.30. The van der Waals surface area contributed by atoms with Crippen LogP contribution in [0.4, 0.5) is 5.69 Å². The van der Waals surface area contributed by atoms with Crippen molar-refractivity contribution in [1.82, 2.24) is 14.9 Å². The van der Waals surface area contributed by atoms with Gasteiger partial charge in [0.15, 0.2) is 0 Å². The van der Waals surface area contributed by atoms with E-state index in [9.17, 15) is 9.59 Å². The van der Waals surface area contributed by atoms with Crippen molar-refractivity contribution in [1.29, 1.82) is 0 Å². The minimum Gasteiger partial charge on any atom is -0.346 e. The van der Waals surface area contributed by atoms with Gasteiger partial charge in [0, 0.05) is 24.5 Å². The molecule has 6 heteroatoms. The van der Waals surface area contributed by atoms with Crippen LogP contribution in [0.2, 0.25) is 0 Å². The van der Waals surface area contributed by atoms with E-state index in [-0.39, 0.29) is 17.7 Å². The highest BCUT2D eigenvalue weighted by atomic mass is 16.2. The second-order valence-corrected chi connectivity index (χ2v) is 6.24. The predicted octanol–water partition coefficient (Wildman–Crippen LogP) is 2.52. The number of rotatable bonds is 3. The van der Waals surface area contributed by atoms with Gasteiger partial charge in [-0.05, 0) is 38.8 Å². The molecule has 0 spiro atoms. The van der Waals surface area contributed by atoms with E-state index in [4.69, 9.17) is 0 Å². The topological polar surface area (TPSA) is 78.1 Å². The molecule has 2 heterocycles. The van der Waals surface area contributed by atoms with Crippen LogP contribution in [-0.4, -0.2) is 39.8 Å². The summed E-state index contributed by atoms with van der Waals surface area (Å²) < 4.78 is 0. The van der Waals surface area contributed by atoms with E-state index in [2.05, 4.69) is 15.3 Å². The van der Waals surface area contributed by atoms with Crippen molar-refractivity contribution in [2.24, 2.45) is 5.92 Å². The molecule has 0 aliphatic carbocycles. The van der Waals surface area contributed by atoms with E-state index in [0.717, 1.165) is 30.0 Å². The number of piperidine rings is 1. The number of hydrogen-bond acceptors (Lipinski definition) is 3. The number of carbonyl (C=O) groups is 2. The Labute approximate surface area is 141 Å². The molecular formula is C18H22N4O2. The van der Waals surface area contributed by atoms with Crippen LogP contribution in [0.1, 0.15) is 34.8 Å². The summed E-state index contributed by atoms with van der Waals surface area (Å²) in [5.74, 6) is 0.400. The van der Waals surface area contributed by atoms with Gasteiger partial charge < -0.3 is 15.2 Å². The maximum Gasteiger partial charge on any atom is 0.274 e. The molecule has 1 atom stereocenters. The minimum atomic E-state index is -0.191. The summed E-state index contributed by atoms with van der Waals surface area (Å²) in [4.78, 5) is 34.2. The number of carbonyl (C=O) groups excluding carboxylic acids is 2. The summed E-state index contributed by atoms with van der Waals surface area (Å²) in [7, 11) is 0. The fourth-order valence-corrected chi connectivity index (χ4v) is 3.11. The lowest BCUT2D eigenvalue weighted by Crippen LogP contribution is -2.44. The minimum absolute atomic E-state index is 0.0337. The third kappa shape index (κ3) is 3.48. The molecule has 3 rings (SSSR count). The van der Waals surface area contributed by atoms with Crippen molar-refractivity contribution in [3.8, 4) is 0 Å². The zero-order chi connectivity index (χ0) is 17.1. The normalized spacial score (nSPS) is 17.6. The number of nitrogens with zero attached hydrogens (tertiary/aromatic N) is 2. The monoisotopic (exact) mass is 326 g/mol. The predicted molar refractivity (Wildman–Crippen MR) is 91.8 cm³/mol. The third-order valence-electron chi connectivity index (χ3n) is 4.33. The SMILES string of the molecule is Cc1nc(C(=O)N2CCCC(C(=O)Nc3ccccc3)C2)c(C)[nH]1. The summed E-state index contributed by atoms with van der Waals surface area (Å²) in [6, 6.07) is 9.40.